The Morgan fingerprint density at radius 2 is 2.25 bits per heavy atom. The van der Waals surface area contributed by atoms with Crippen LogP contribution in [0.4, 0.5) is 5.69 Å². The Hall–Kier alpha value is -1.73. The van der Waals surface area contributed by atoms with E-state index in [1.165, 1.54) is 0 Å². The summed E-state index contributed by atoms with van der Waals surface area (Å²) < 4.78 is 5.76. The van der Waals surface area contributed by atoms with Gasteiger partial charge in [-0.05, 0) is 38.4 Å². The molecule has 4 nitrogen and oxygen atoms in total. The second-order valence-electron chi connectivity index (χ2n) is 5.38. The maximum Gasteiger partial charge on any atom is 0.142 e. The molecule has 1 heterocycles. The number of benzene rings is 1. The van der Waals surface area contributed by atoms with Crippen molar-refractivity contribution in [2.45, 2.75) is 32.2 Å². The monoisotopic (exact) mass is 273 g/mol. The summed E-state index contributed by atoms with van der Waals surface area (Å²) in [6.45, 7) is 7.41. The number of nitrogens with zero attached hydrogens (tertiary/aromatic N) is 2. The lowest BCUT2D eigenvalue weighted by molar-refractivity contribution is 0.322. The van der Waals surface area contributed by atoms with Crippen LogP contribution in [0.15, 0.2) is 24.3 Å². The minimum atomic E-state index is -0.461. The molecule has 2 rings (SSSR count). The molecular weight excluding hydrogens is 250 g/mol. The lowest BCUT2D eigenvalue weighted by Gasteiger charge is -2.29. The summed E-state index contributed by atoms with van der Waals surface area (Å²) in [4.78, 5) is 2.33. The fraction of sp³-hybridized carbons (Fsp3) is 0.562. The van der Waals surface area contributed by atoms with Crippen molar-refractivity contribution in [2.75, 3.05) is 31.1 Å². The molecule has 4 heteroatoms. The summed E-state index contributed by atoms with van der Waals surface area (Å²) in [6, 6.07) is 10.5. The van der Waals surface area contributed by atoms with Crippen molar-refractivity contribution in [1.82, 2.24) is 5.32 Å². The van der Waals surface area contributed by atoms with Crippen LogP contribution in [0.3, 0.4) is 0 Å². The number of nitrogens with one attached hydrogen (secondary N) is 1. The third kappa shape index (κ3) is 3.43. The van der Waals surface area contributed by atoms with Crippen molar-refractivity contribution in [3.05, 3.63) is 24.3 Å². The van der Waals surface area contributed by atoms with Crippen LogP contribution in [-0.4, -0.2) is 31.8 Å². The molecule has 0 fully saturated rings. The van der Waals surface area contributed by atoms with Crippen LogP contribution in [0, 0.1) is 11.3 Å². The fourth-order valence-corrected chi connectivity index (χ4v) is 2.56. The van der Waals surface area contributed by atoms with E-state index < -0.39 is 5.54 Å². The minimum absolute atomic E-state index is 0.461. The number of rotatable bonds is 5. The molecule has 0 aromatic heterocycles. The maximum atomic E-state index is 9.34. The SMILES string of the molecule is CCNC(C)(C#N)CCN1CCCOc2ccccc21. The van der Waals surface area contributed by atoms with Crippen LogP contribution in [0.1, 0.15) is 26.7 Å². The van der Waals surface area contributed by atoms with Gasteiger partial charge in [-0.15, -0.1) is 0 Å². The number of hydrogen-bond acceptors (Lipinski definition) is 4. The summed E-state index contributed by atoms with van der Waals surface area (Å²) in [5.74, 6) is 0.951. The lowest BCUT2D eigenvalue weighted by Crippen LogP contribution is -2.44. The number of fused-ring (bicyclic) bond motifs is 1. The Labute approximate surface area is 121 Å². The van der Waals surface area contributed by atoms with E-state index in [-0.39, 0.29) is 0 Å². The highest BCUT2D eigenvalue weighted by molar-refractivity contribution is 5.58. The van der Waals surface area contributed by atoms with Gasteiger partial charge in [0.05, 0.1) is 18.4 Å². The second kappa shape index (κ2) is 6.62. The highest BCUT2D eigenvalue weighted by Gasteiger charge is 2.24. The molecule has 1 aliphatic heterocycles. The van der Waals surface area contributed by atoms with E-state index in [1.54, 1.807) is 0 Å². The number of hydrogen-bond donors (Lipinski definition) is 1. The first-order valence-corrected chi connectivity index (χ1v) is 7.31. The quantitative estimate of drug-likeness (QED) is 0.895. The van der Waals surface area contributed by atoms with Crippen LogP contribution in [-0.2, 0) is 0 Å². The fourth-order valence-electron chi connectivity index (χ4n) is 2.56. The zero-order valence-electron chi connectivity index (χ0n) is 12.4. The second-order valence-corrected chi connectivity index (χ2v) is 5.38. The average molecular weight is 273 g/mol. The van der Waals surface area contributed by atoms with Crippen molar-refractivity contribution in [1.29, 1.82) is 5.26 Å². The number of ether oxygens (including phenoxy) is 1. The first-order chi connectivity index (χ1) is 9.68. The van der Waals surface area contributed by atoms with E-state index in [1.807, 2.05) is 32.0 Å². The van der Waals surface area contributed by atoms with Gasteiger partial charge in [0.15, 0.2) is 0 Å². The Bertz CT molecular complexity index is 483. The Kier molecular flexibility index (Phi) is 4.86. The van der Waals surface area contributed by atoms with Gasteiger partial charge in [-0.25, -0.2) is 0 Å². The van der Waals surface area contributed by atoms with Crippen molar-refractivity contribution >= 4 is 5.69 Å². The third-order valence-electron chi connectivity index (χ3n) is 3.73. The molecule has 20 heavy (non-hydrogen) atoms. The number of anilines is 1. The van der Waals surface area contributed by atoms with Crippen LogP contribution >= 0.6 is 0 Å². The molecule has 0 amide bonds. The molecule has 1 aliphatic rings. The Morgan fingerprint density at radius 3 is 3.00 bits per heavy atom. The van der Waals surface area contributed by atoms with Crippen molar-refractivity contribution in [3.63, 3.8) is 0 Å². The Balaban J connectivity index is 2.08. The van der Waals surface area contributed by atoms with Crippen molar-refractivity contribution < 1.29 is 4.74 Å². The number of nitriles is 1. The van der Waals surface area contributed by atoms with E-state index >= 15 is 0 Å². The Morgan fingerprint density at radius 1 is 1.45 bits per heavy atom. The summed E-state index contributed by atoms with van der Waals surface area (Å²) in [7, 11) is 0. The molecular formula is C16H23N3O. The van der Waals surface area contributed by atoms with E-state index in [0.29, 0.717) is 0 Å². The largest absolute Gasteiger partial charge is 0.491 e. The zero-order chi connectivity index (χ0) is 14.4. The molecule has 1 unspecified atom stereocenters. The highest BCUT2D eigenvalue weighted by Crippen LogP contribution is 2.30. The summed E-state index contributed by atoms with van der Waals surface area (Å²) in [5.41, 5.74) is 0.679. The molecule has 0 bridgehead atoms. The van der Waals surface area contributed by atoms with Gasteiger partial charge in [0.25, 0.3) is 0 Å². The van der Waals surface area contributed by atoms with Crippen LogP contribution in [0.2, 0.25) is 0 Å². The van der Waals surface area contributed by atoms with Gasteiger partial charge in [-0.1, -0.05) is 19.1 Å². The molecule has 1 aromatic carbocycles. The minimum Gasteiger partial charge on any atom is -0.491 e. The smallest absolute Gasteiger partial charge is 0.142 e. The molecule has 0 spiro atoms. The van der Waals surface area contributed by atoms with Crippen molar-refractivity contribution in [2.24, 2.45) is 0 Å². The molecule has 1 aromatic rings. The predicted octanol–water partition coefficient (Wildman–Crippen LogP) is 2.56. The highest BCUT2D eigenvalue weighted by atomic mass is 16.5. The lowest BCUT2D eigenvalue weighted by atomic mass is 9.99. The van der Waals surface area contributed by atoms with Gasteiger partial charge in [0, 0.05) is 13.1 Å². The van der Waals surface area contributed by atoms with E-state index in [2.05, 4.69) is 22.4 Å². The van der Waals surface area contributed by atoms with Crippen LogP contribution < -0.4 is 15.0 Å². The molecule has 0 radical (unpaired) electrons. The topological polar surface area (TPSA) is 48.3 Å². The van der Waals surface area contributed by atoms with Gasteiger partial charge in [-0.2, -0.15) is 5.26 Å². The van der Waals surface area contributed by atoms with Gasteiger partial charge in [0.2, 0.25) is 0 Å². The van der Waals surface area contributed by atoms with Gasteiger partial charge in [0.1, 0.15) is 11.3 Å². The summed E-state index contributed by atoms with van der Waals surface area (Å²) in [5, 5.41) is 12.6. The van der Waals surface area contributed by atoms with E-state index in [0.717, 1.165) is 50.5 Å². The third-order valence-corrected chi connectivity index (χ3v) is 3.73. The average Bonchev–Trinajstić information content (AvgIpc) is 2.68. The van der Waals surface area contributed by atoms with Gasteiger partial charge < -0.3 is 9.64 Å². The van der Waals surface area contributed by atoms with Crippen LogP contribution in [0.25, 0.3) is 0 Å². The predicted molar refractivity (Wildman–Crippen MR) is 81.1 cm³/mol. The standard InChI is InChI=1S/C16H23N3O/c1-3-18-16(2,13-17)9-11-19-10-6-12-20-15-8-5-4-7-14(15)19/h4-5,7-8,18H,3,6,9-12H2,1-2H3. The molecule has 0 saturated heterocycles. The summed E-state index contributed by atoms with van der Waals surface area (Å²) in [6.07, 6.45) is 1.81. The molecule has 1 atom stereocenters. The zero-order valence-corrected chi connectivity index (χ0v) is 12.4. The van der Waals surface area contributed by atoms with Gasteiger partial charge >= 0.3 is 0 Å². The molecule has 108 valence electrons. The first kappa shape index (κ1) is 14.7. The number of para-hydroxylation sites is 2. The molecule has 1 N–H and O–H groups in total. The van der Waals surface area contributed by atoms with Crippen molar-refractivity contribution in [3.8, 4) is 11.8 Å². The van der Waals surface area contributed by atoms with E-state index in [4.69, 9.17) is 4.74 Å². The molecule has 0 saturated carbocycles. The van der Waals surface area contributed by atoms with E-state index in [9.17, 15) is 5.26 Å². The first-order valence-electron chi connectivity index (χ1n) is 7.31. The maximum absolute atomic E-state index is 9.34. The van der Waals surface area contributed by atoms with Gasteiger partial charge in [-0.3, -0.25) is 5.32 Å². The van der Waals surface area contributed by atoms with Crippen LogP contribution in [0.5, 0.6) is 5.75 Å². The molecule has 0 aliphatic carbocycles. The summed E-state index contributed by atoms with van der Waals surface area (Å²) >= 11 is 0. The normalized spacial score (nSPS) is 17.4.